The Morgan fingerprint density at radius 1 is 1.00 bits per heavy atom. The van der Waals surface area contributed by atoms with E-state index in [1.807, 2.05) is 19.1 Å². The molecule has 3 aromatic rings. The SMILES string of the molecule is Cc1ccc(-c2nc(Nc3ncccc3C)sc2C)cc1. The van der Waals surface area contributed by atoms with Crippen molar-refractivity contribution in [2.45, 2.75) is 20.8 Å². The van der Waals surface area contributed by atoms with Crippen LogP contribution in [0.5, 0.6) is 0 Å². The first-order valence-corrected chi connectivity index (χ1v) is 7.68. The summed E-state index contributed by atoms with van der Waals surface area (Å²) >= 11 is 1.65. The highest BCUT2D eigenvalue weighted by Gasteiger charge is 2.10. The van der Waals surface area contributed by atoms with Crippen LogP contribution in [0.4, 0.5) is 10.9 Å². The molecule has 0 aliphatic heterocycles. The number of rotatable bonds is 3. The van der Waals surface area contributed by atoms with Gasteiger partial charge in [-0.25, -0.2) is 9.97 Å². The smallest absolute Gasteiger partial charge is 0.189 e. The minimum Gasteiger partial charge on any atom is -0.316 e. The van der Waals surface area contributed by atoms with E-state index in [1.54, 1.807) is 17.5 Å². The molecule has 4 heteroatoms. The quantitative estimate of drug-likeness (QED) is 0.748. The number of thiazole rings is 1. The number of aryl methyl sites for hydroxylation is 3. The Balaban J connectivity index is 1.91. The zero-order valence-corrected chi connectivity index (χ0v) is 13.2. The van der Waals surface area contributed by atoms with Crippen LogP contribution in [0.3, 0.4) is 0 Å². The summed E-state index contributed by atoms with van der Waals surface area (Å²) in [5, 5.41) is 4.19. The van der Waals surface area contributed by atoms with Crippen molar-refractivity contribution in [3.8, 4) is 11.3 Å². The summed E-state index contributed by atoms with van der Waals surface area (Å²) in [6, 6.07) is 12.4. The Hall–Kier alpha value is -2.20. The second kappa shape index (κ2) is 5.66. The molecule has 0 aliphatic rings. The number of hydrogen-bond donors (Lipinski definition) is 1. The highest BCUT2D eigenvalue weighted by molar-refractivity contribution is 7.16. The van der Waals surface area contributed by atoms with Gasteiger partial charge in [-0.05, 0) is 32.4 Å². The van der Waals surface area contributed by atoms with E-state index in [-0.39, 0.29) is 0 Å². The number of anilines is 2. The monoisotopic (exact) mass is 295 g/mol. The predicted molar refractivity (Wildman–Crippen MR) is 89.3 cm³/mol. The largest absolute Gasteiger partial charge is 0.316 e. The van der Waals surface area contributed by atoms with Crippen molar-refractivity contribution >= 4 is 22.3 Å². The minimum atomic E-state index is 0.863. The number of hydrogen-bond acceptors (Lipinski definition) is 4. The second-order valence-electron chi connectivity index (χ2n) is 5.08. The molecule has 0 saturated carbocycles. The molecule has 0 spiro atoms. The molecule has 1 aromatic carbocycles. The van der Waals surface area contributed by atoms with Gasteiger partial charge in [0.2, 0.25) is 0 Å². The molecule has 0 radical (unpaired) electrons. The highest BCUT2D eigenvalue weighted by Crippen LogP contribution is 2.32. The van der Waals surface area contributed by atoms with Gasteiger partial charge in [-0.15, -0.1) is 11.3 Å². The molecule has 0 aliphatic carbocycles. The summed E-state index contributed by atoms with van der Waals surface area (Å²) in [4.78, 5) is 10.3. The maximum atomic E-state index is 4.71. The number of aromatic nitrogens is 2. The molecule has 3 rings (SSSR count). The third-order valence-corrected chi connectivity index (χ3v) is 4.24. The molecule has 0 atom stereocenters. The lowest BCUT2D eigenvalue weighted by Crippen LogP contribution is -1.95. The van der Waals surface area contributed by atoms with Gasteiger partial charge in [0.1, 0.15) is 5.82 Å². The first-order valence-electron chi connectivity index (χ1n) is 6.86. The van der Waals surface area contributed by atoms with E-state index in [9.17, 15) is 0 Å². The van der Waals surface area contributed by atoms with Crippen molar-refractivity contribution in [1.29, 1.82) is 0 Å². The van der Waals surface area contributed by atoms with E-state index >= 15 is 0 Å². The number of benzene rings is 1. The van der Waals surface area contributed by atoms with Crippen LogP contribution in [0, 0.1) is 20.8 Å². The van der Waals surface area contributed by atoms with Crippen LogP contribution in [0.2, 0.25) is 0 Å². The molecule has 3 nitrogen and oxygen atoms in total. The molecule has 1 N–H and O–H groups in total. The molecular formula is C17H17N3S. The van der Waals surface area contributed by atoms with Gasteiger partial charge in [-0.3, -0.25) is 0 Å². The third-order valence-electron chi connectivity index (χ3n) is 3.36. The summed E-state index contributed by atoms with van der Waals surface area (Å²) in [7, 11) is 0. The van der Waals surface area contributed by atoms with Crippen molar-refractivity contribution in [2.24, 2.45) is 0 Å². The van der Waals surface area contributed by atoms with Crippen molar-refractivity contribution in [3.63, 3.8) is 0 Å². The molecule has 0 unspecified atom stereocenters. The van der Waals surface area contributed by atoms with Crippen molar-refractivity contribution < 1.29 is 0 Å². The predicted octanol–water partition coefficient (Wildman–Crippen LogP) is 4.87. The summed E-state index contributed by atoms with van der Waals surface area (Å²) < 4.78 is 0. The van der Waals surface area contributed by atoms with Gasteiger partial charge < -0.3 is 5.32 Å². The number of pyridine rings is 1. The average molecular weight is 295 g/mol. The highest BCUT2D eigenvalue weighted by atomic mass is 32.1. The lowest BCUT2D eigenvalue weighted by Gasteiger charge is -2.04. The van der Waals surface area contributed by atoms with Crippen molar-refractivity contribution in [2.75, 3.05) is 5.32 Å². The maximum Gasteiger partial charge on any atom is 0.189 e. The maximum absolute atomic E-state index is 4.71. The van der Waals surface area contributed by atoms with E-state index in [0.29, 0.717) is 0 Å². The molecule has 0 fully saturated rings. The number of nitrogens with zero attached hydrogens (tertiary/aromatic N) is 2. The fourth-order valence-electron chi connectivity index (χ4n) is 2.15. The normalized spacial score (nSPS) is 10.6. The first-order chi connectivity index (χ1) is 10.1. The molecule has 0 saturated heterocycles. The Morgan fingerprint density at radius 2 is 1.76 bits per heavy atom. The molecule has 0 bridgehead atoms. The number of nitrogens with one attached hydrogen (secondary N) is 1. The van der Waals surface area contributed by atoms with Crippen LogP contribution in [0.1, 0.15) is 16.0 Å². The van der Waals surface area contributed by atoms with Crippen LogP contribution in [0.25, 0.3) is 11.3 Å². The average Bonchev–Trinajstić information content (AvgIpc) is 2.83. The Kier molecular flexibility index (Phi) is 3.71. The lowest BCUT2D eigenvalue weighted by molar-refractivity contribution is 1.24. The van der Waals surface area contributed by atoms with Gasteiger partial charge in [0.15, 0.2) is 5.13 Å². The van der Waals surface area contributed by atoms with E-state index in [2.05, 4.69) is 48.4 Å². The summed E-state index contributed by atoms with van der Waals surface area (Å²) in [6.45, 7) is 6.23. The topological polar surface area (TPSA) is 37.8 Å². The molecular weight excluding hydrogens is 278 g/mol. The van der Waals surface area contributed by atoms with Crippen LogP contribution in [0.15, 0.2) is 42.6 Å². The molecule has 0 amide bonds. The van der Waals surface area contributed by atoms with Crippen LogP contribution in [-0.2, 0) is 0 Å². The van der Waals surface area contributed by atoms with Crippen LogP contribution in [-0.4, -0.2) is 9.97 Å². The molecule has 21 heavy (non-hydrogen) atoms. The zero-order chi connectivity index (χ0) is 14.8. The van der Waals surface area contributed by atoms with E-state index in [4.69, 9.17) is 4.98 Å². The molecule has 2 heterocycles. The molecule has 2 aromatic heterocycles. The van der Waals surface area contributed by atoms with Gasteiger partial charge in [0.25, 0.3) is 0 Å². The van der Waals surface area contributed by atoms with Gasteiger partial charge >= 0.3 is 0 Å². The first kappa shape index (κ1) is 13.8. The van der Waals surface area contributed by atoms with Crippen molar-refractivity contribution in [3.05, 3.63) is 58.6 Å². The fraction of sp³-hybridized carbons (Fsp3) is 0.176. The van der Waals surface area contributed by atoms with Gasteiger partial charge in [0, 0.05) is 16.6 Å². The van der Waals surface area contributed by atoms with E-state index in [0.717, 1.165) is 27.8 Å². The van der Waals surface area contributed by atoms with Crippen LogP contribution < -0.4 is 5.32 Å². The van der Waals surface area contributed by atoms with Gasteiger partial charge in [-0.1, -0.05) is 35.9 Å². The molecule has 106 valence electrons. The Bertz CT molecular complexity index is 760. The summed E-state index contributed by atoms with van der Waals surface area (Å²) in [6.07, 6.45) is 1.79. The third kappa shape index (κ3) is 2.95. The van der Waals surface area contributed by atoms with Gasteiger partial charge in [-0.2, -0.15) is 0 Å². The van der Waals surface area contributed by atoms with Crippen molar-refractivity contribution in [1.82, 2.24) is 9.97 Å². The Labute approximate surface area is 128 Å². The fourth-order valence-corrected chi connectivity index (χ4v) is 2.98. The standard InChI is InChI=1S/C17H17N3S/c1-11-6-8-14(9-7-11)15-13(3)21-17(19-15)20-16-12(2)5-4-10-18-16/h4-10H,1-3H3,(H,18,19,20). The van der Waals surface area contributed by atoms with E-state index < -0.39 is 0 Å². The lowest BCUT2D eigenvalue weighted by atomic mass is 10.1. The zero-order valence-electron chi connectivity index (χ0n) is 12.3. The second-order valence-corrected chi connectivity index (χ2v) is 6.29. The summed E-state index contributed by atoms with van der Waals surface area (Å²) in [5.41, 5.74) is 4.56. The van der Waals surface area contributed by atoms with E-state index in [1.165, 1.54) is 10.4 Å². The van der Waals surface area contributed by atoms with Gasteiger partial charge in [0.05, 0.1) is 5.69 Å². The summed E-state index contributed by atoms with van der Waals surface area (Å²) in [5.74, 6) is 0.863. The van der Waals surface area contributed by atoms with Crippen LogP contribution >= 0.6 is 11.3 Å². The minimum absolute atomic E-state index is 0.863. The Morgan fingerprint density at radius 3 is 2.48 bits per heavy atom.